The summed E-state index contributed by atoms with van der Waals surface area (Å²) in [6, 6.07) is 4.31. The van der Waals surface area contributed by atoms with Crippen molar-refractivity contribution in [2.75, 3.05) is 20.8 Å². The lowest BCUT2D eigenvalue weighted by Gasteiger charge is -2.25. The molecule has 1 aromatic rings. The van der Waals surface area contributed by atoms with Crippen molar-refractivity contribution in [1.29, 1.82) is 0 Å². The predicted octanol–water partition coefficient (Wildman–Crippen LogP) is 2.08. The number of rotatable bonds is 3. The molecular formula is C13H17NO2. The van der Waals surface area contributed by atoms with Gasteiger partial charge in [0.25, 0.3) is 0 Å². The van der Waals surface area contributed by atoms with Crippen molar-refractivity contribution >= 4 is 0 Å². The molecule has 3 heteroatoms. The molecule has 0 saturated heterocycles. The van der Waals surface area contributed by atoms with Gasteiger partial charge in [-0.05, 0) is 29.7 Å². The Morgan fingerprint density at radius 2 is 2.00 bits per heavy atom. The number of ether oxygens (including phenoxy) is 2. The van der Waals surface area contributed by atoms with Gasteiger partial charge in [0.1, 0.15) is 0 Å². The first kappa shape index (κ1) is 11.0. The SMILES string of the molecule is C=C[C@@H]1NCCc2cc(OC)c(OC)cc21. The molecule has 1 heterocycles. The summed E-state index contributed by atoms with van der Waals surface area (Å²) >= 11 is 0. The highest BCUT2D eigenvalue weighted by molar-refractivity contribution is 5.50. The highest BCUT2D eigenvalue weighted by atomic mass is 16.5. The van der Waals surface area contributed by atoms with Crippen molar-refractivity contribution in [2.45, 2.75) is 12.5 Å². The maximum Gasteiger partial charge on any atom is 0.161 e. The van der Waals surface area contributed by atoms with Crippen LogP contribution in [0.2, 0.25) is 0 Å². The molecule has 0 aliphatic carbocycles. The molecule has 0 unspecified atom stereocenters. The van der Waals surface area contributed by atoms with E-state index in [4.69, 9.17) is 9.47 Å². The summed E-state index contributed by atoms with van der Waals surface area (Å²) in [5.74, 6) is 1.57. The Balaban J connectivity index is 2.50. The first-order valence-electron chi connectivity index (χ1n) is 5.41. The van der Waals surface area contributed by atoms with Crippen LogP contribution >= 0.6 is 0 Å². The molecule has 0 bridgehead atoms. The number of benzene rings is 1. The molecule has 1 N–H and O–H groups in total. The van der Waals surface area contributed by atoms with Crippen LogP contribution in [0.1, 0.15) is 17.2 Å². The highest BCUT2D eigenvalue weighted by Gasteiger charge is 2.20. The Kier molecular flexibility index (Phi) is 3.15. The van der Waals surface area contributed by atoms with E-state index in [1.54, 1.807) is 14.2 Å². The molecule has 0 amide bonds. The number of hydrogen-bond acceptors (Lipinski definition) is 3. The lowest BCUT2D eigenvalue weighted by Crippen LogP contribution is -2.28. The molecule has 0 fully saturated rings. The molecule has 2 rings (SSSR count). The van der Waals surface area contributed by atoms with Gasteiger partial charge in [0.15, 0.2) is 11.5 Å². The van der Waals surface area contributed by atoms with Crippen LogP contribution in [0.5, 0.6) is 11.5 Å². The molecule has 3 nitrogen and oxygen atoms in total. The minimum Gasteiger partial charge on any atom is -0.493 e. The van der Waals surface area contributed by atoms with Crippen molar-refractivity contribution in [2.24, 2.45) is 0 Å². The summed E-state index contributed by atoms with van der Waals surface area (Å²) in [6.07, 6.45) is 2.93. The van der Waals surface area contributed by atoms with E-state index in [9.17, 15) is 0 Å². The number of nitrogens with one attached hydrogen (secondary N) is 1. The Labute approximate surface area is 96.1 Å². The third-order valence-electron chi connectivity index (χ3n) is 2.97. The first-order chi connectivity index (χ1) is 7.80. The van der Waals surface area contributed by atoms with Crippen LogP contribution < -0.4 is 14.8 Å². The maximum absolute atomic E-state index is 5.31. The Morgan fingerprint density at radius 3 is 2.62 bits per heavy atom. The third kappa shape index (κ3) is 1.78. The van der Waals surface area contributed by atoms with Crippen molar-refractivity contribution in [3.63, 3.8) is 0 Å². The zero-order valence-corrected chi connectivity index (χ0v) is 9.75. The quantitative estimate of drug-likeness (QED) is 0.789. The van der Waals surface area contributed by atoms with E-state index >= 15 is 0 Å². The second-order valence-electron chi connectivity index (χ2n) is 3.82. The van der Waals surface area contributed by atoms with Crippen LogP contribution in [0.25, 0.3) is 0 Å². The maximum atomic E-state index is 5.31. The zero-order valence-electron chi connectivity index (χ0n) is 9.75. The van der Waals surface area contributed by atoms with Gasteiger partial charge in [0.05, 0.1) is 20.3 Å². The lowest BCUT2D eigenvalue weighted by atomic mass is 9.93. The van der Waals surface area contributed by atoms with Crippen molar-refractivity contribution in [1.82, 2.24) is 5.32 Å². The van der Waals surface area contributed by atoms with Gasteiger partial charge in [-0.1, -0.05) is 6.08 Å². The Hall–Kier alpha value is -1.48. The summed E-state index contributed by atoms with van der Waals surface area (Å²) in [4.78, 5) is 0. The van der Waals surface area contributed by atoms with Crippen molar-refractivity contribution < 1.29 is 9.47 Å². The molecule has 0 saturated carbocycles. The van der Waals surface area contributed by atoms with Gasteiger partial charge in [-0.2, -0.15) is 0 Å². The van der Waals surface area contributed by atoms with Crippen molar-refractivity contribution in [3.05, 3.63) is 35.9 Å². The highest BCUT2D eigenvalue weighted by Crippen LogP contribution is 2.35. The smallest absolute Gasteiger partial charge is 0.161 e. The second-order valence-corrected chi connectivity index (χ2v) is 3.82. The average molecular weight is 219 g/mol. The fourth-order valence-corrected chi connectivity index (χ4v) is 2.13. The van der Waals surface area contributed by atoms with Crippen LogP contribution in [-0.4, -0.2) is 20.8 Å². The Bertz CT molecular complexity index is 401. The normalized spacial score (nSPS) is 18.8. The van der Waals surface area contributed by atoms with E-state index in [0.29, 0.717) is 0 Å². The summed E-state index contributed by atoms with van der Waals surface area (Å²) in [5, 5.41) is 3.40. The lowest BCUT2D eigenvalue weighted by molar-refractivity contribution is 0.353. The monoisotopic (exact) mass is 219 g/mol. The van der Waals surface area contributed by atoms with Gasteiger partial charge in [-0.3, -0.25) is 0 Å². The van der Waals surface area contributed by atoms with Gasteiger partial charge in [0.2, 0.25) is 0 Å². The molecule has 1 aliphatic rings. The summed E-state index contributed by atoms with van der Waals surface area (Å²) in [5.41, 5.74) is 2.54. The topological polar surface area (TPSA) is 30.5 Å². The fraction of sp³-hybridized carbons (Fsp3) is 0.385. The van der Waals surface area contributed by atoms with Gasteiger partial charge in [-0.25, -0.2) is 0 Å². The van der Waals surface area contributed by atoms with Crippen LogP contribution in [-0.2, 0) is 6.42 Å². The second kappa shape index (κ2) is 4.58. The third-order valence-corrected chi connectivity index (χ3v) is 2.97. The predicted molar refractivity (Wildman–Crippen MR) is 64.2 cm³/mol. The molecular weight excluding hydrogens is 202 g/mol. The zero-order chi connectivity index (χ0) is 11.5. The molecule has 0 radical (unpaired) electrons. The van der Waals surface area contributed by atoms with Gasteiger partial charge < -0.3 is 14.8 Å². The standard InChI is InChI=1S/C13H17NO2/c1-4-11-10-8-13(16-3)12(15-2)7-9(10)5-6-14-11/h4,7-8,11,14H,1,5-6H2,2-3H3/t11-/m0/s1. The number of methoxy groups -OCH3 is 2. The van der Waals surface area contributed by atoms with E-state index < -0.39 is 0 Å². The van der Waals surface area contributed by atoms with Crippen LogP contribution in [0, 0.1) is 0 Å². The minimum atomic E-state index is 0.212. The fourth-order valence-electron chi connectivity index (χ4n) is 2.13. The van der Waals surface area contributed by atoms with Gasteiger partial charge >= 0.3 is 0 Å². The van der Waals surface area contributed by atoms with Crippen LogP contribution in [0.15, 0.2) is 24.8 Å². The minimum absolute atomic E-state index is 0.212. The first-order valence-corrected chi connectivity index (χ1v) is 5.41. The molecule has 86 valence electrons. The average Bonchev–Trinajstić information content (AvgIpc) is 2.36. The Morgan fingerprint density at radius 1 is 1.31 bits per heavy atom. The molecule has 1 aromatic carbocycles. The van der Waals surface area contributed by atoms with Gasteiger partial charge in [-0.15, -0.1) is 6.58 Å². The molecule has 1 aliphatic heterocycles. The molecule has 1 atom stereocenters. The van der Waals surface area contributed by atoms with Crippen LogP contribution in [0.3, 0.4) is 0 Å². The summed E-state index contributed by atoms with van der Waals surface area (Å²) < 4.78 is 10.6. The molecule has 0 aromatic heterocycles. The van der Waals surface area contributed by atoms with E-state index in [1.807, 2.05) is 12.1 Å². The van der Waals surface area contributed by atoms with E-state index in [-0.39, 0.29) is 6.04 Å². The number of fused-ring (bicyclic) bond motifs is 1. The number of hydrogen-bond donors (Lipinski definition) is 1. The summed E-state index contributed by atoms with van der Waals surface area (Å²) in [7, 11) is 3.32. The molecule has 0 spiro atoms. The van der Waals surface area contributed by atoms with Crippen molar-refractivity contribution in [3.8, 4) is 11.5 Å². The van der Waals surface area contributed by atoms with E-state index in [0.717, 1.165) is 24.5 Å². The molecule has 16 heavy (non-hydrogen) atoms. The van der Waals surface area contributed by atoms with E-state index in [1.165, 1.54) is 11.1 Å². The van der Waals surface area contributed by atoms with Crippen LogP contribution in [0.4, 0.5) is 0 Å². The summed E-state index contributed by atoms with van der Waals surface area (Å²) in [6.45, 7) is 4.82. The van der Waals surface area contributed by atoms with Gasteiger partial charge in [0, 0.05) is 6.54 Å². The largest absolute Gasteiger partial charge is 0.493 e. The van der Waals surface area contributed by atoms with E-state index in [2.05, 4.69) is 18.0 Å².